The Balaban J connectivity index is 0.00000156. The zero-order valence-corrected chi connectivity index (χ0v) is 16.6. The van der Waals surface area contributed by atoms with Gasteiger partial charge in [-0.15, -0.1) is 24.8 Å². The summed E-state index contributed by atoms with van der Waals surface area (Å²) in [5.41, 5.74) is 2.55. The monoisotopic (exact) mass is 387 g/mol. The van der Waals surface area contributed by atoms with Crippen molar-refractivity contribution in [2.75, 3.05) is 19.6 Å². The smallest absolute Gasteiger partial charge is 0.237 e. The lowest BCUT2D eigenvalue weighted by atomic mass is 9.98. The van der Waals surface area contributed by atoms with Gasteiger partial charge in [0.15, 0.2) is 0 Å². The van der Waals surface area contributed by atoms with Crippen LogP contribution in [0.4, 0.5) is 0 Å². The molecule has 6 heteroatoms. The first-order valence-electron chi connectivity index (χ1n) is 9.02. The van der Waals surface area contributed by atoms with Crippen LogP contribution in [0, 0.1) is 5.92 Å². The Kier molecular flexibility index (Phi) is 9.80. The first-order valence-corrected chi connectivity index (χ1v) is 9.02. The number of nitrogens with one attached hydrogen (secondary N) is 2. The zero-order chi connectivity index (χ0) is 16.1. The average molecular weight is 388 g/mol. The van der Waals surface area contributed by atoms with Crippen molar-refractivity contribution in [2.45, 2.75) is 51.7 Å². The molecule has 1 atom stereocenters. The fraction of sp³-hybridized carbons (Fsp3) is 0.632. The van der Waals surface area contributed by atoms with Crippen molar-refractivity contribution < 1.29 is 4.79 Å². The highest BCUT2D eigenvalue weighted by molar-refractivity contribution is 5.85. The van der Waals surface area contributed by atoms with Crippen LogP contribution in [0.3, 0.4) is 0 Å². The van der Waals surface area contributed by atoms with Crippen molar-refractivity contribution >= 4 is 30.7 Å². The van der Waals surface area contributed by atoms with Crippen LogP contribution < -0.4 is 10.6 Å². The largest absolute Gasteiger partial charge is 0.351 e. The molecule has 2 heterocycles. The Morgan fingerprint density at radius 2 is 1.92 bits per heavy atom. The average Bonchev–Trinajstić information content (AvgIpc) is 3.10. The molecule has 2 fully saturated rings. The van der Waals surface area contributed by atoms with Crippen LogP contribution in [0.1, 0.15) is 43.7 Å². The standard InChI is InChI=1S/C19H29N3O.2ClH/c1-15-7-10-22(11-8-15)14-17-5-2-4-16(12-17)13-21-19(23)18-6-3-9-20-18;;/h2,4-5,12,15,18,20H,3,6-11,13-14H2,1H3,(H,21,23);2*1H. The normalized spacial score (nSPS) is 21.2. The van der Waals surface area contributed by atoms with E-state index in [9.17, 15) is 4.79 Å². The van der Waals surface area contributed by atoms with Gasteiger partial charge in [0.2, 0.25) is 5.91 Å². The number of carbonyl (C=O) groups excluding carboxylic acids is 1. The number of carbonyl (C=O) groups is 1. The van der Waals surface area contributed by atoms with Gasteiger partial charge in [0.25, 0.3) is 0 Å². The summed E-state index contributed by atoms with van der Waals surface area (Å²) in [5, 5.41) is 6.31. The lowest BCUT2D eigenvalue weighted by Gasteiger charge is -2.30. The Bertz CT molecular complexity index is 527. The van der Waals surface area contributed by atoms with Gasteiger partial charge in [-0.1, -0.05) is 31.2 Å². The summed E-state index contributed by atoms with van der Waals surface area (Å²) in [6.45, 7) is 7.37. The maximum atomic E-state index is 12.1. The summed E-state index contributed by atoms with van der Waals surface area (Å²) in [6.07, 6.45) is 4.68. The van der Waals surface area contributed by atoms with Gasteiger partial charge in [-0.3, -0.25) is 9.69 Å². The van der Waals surface area contributed by atoms with Crippen molar-refractivity contribution in [3.63, 3.8) is 0 Å². The Hall–Kier alpha value is -0.810. The van der Waals surface area contributed by atoms with Gasteiger partial charge in [-0.25, -0.2) is 0 Å². The summed E-state index contributed by atoms with van der Waals surface area (Å²) >= 11 is 0. The van der Waals surface area contributed by atoms with E-state index >= 15 is 0 Å². The van der Waals surface area contributed by atoms with Gasteiger partial charge in [0, 0.05) is 13.1 Å². The van der Waals surface area contributed by atoms with E-state index in [0.717, 1.165) is 31.8 Å². The molecule has 1 amide bonds. The second-order valence-electron chi connectivity index (χ2n) is 7.15. The Morgan fingerprint density at radius 1 is 1.20 bits per heavy atom. The number of hydrogen-bond acceptors (Lipinski definition) is 3. The van der Waals surface area contributed by atoms with E-state index in [1.807, 2.05) is 0 Å². The van der Waals surface area contributed by atoms with E-state index in [0.29, 0.717) is 6.54 Å². The third-order valence-corrected chi connectivity index (χ3v) is 5.12. The fourth-order valence-corrected chi connectivity index (χ4v) is 3.54. The molecule has 0 saturated carbocycles. The van der Waals surface area contributed by atoms with Crippen LogP contribution in [0.15, 0.2) is 24.3 Å². The van der Waals surface area contributed by atoms with Gasteiger partial charge in [0.1, 0.15) is 0 Å². The summed E-state index contributed by atoms with van der Waals surface area (Å²) in [4.78, 5) is 14.6. The van der Waals surface area contributed by atoms with E-state index in [1.54, 1.807) is 0 Å². The lowest BCUT2D eigenvalue weighted by Crippen LogP contribution is -2.40. The number of amides is 1. The number of nitrogens with zero attached hydrogens (tertiary/aromatic N) is 1. The van der Waals surface area contributed by atoms with Crippen molar-refractivity contribution in [3.8, 4) is 0 Å². The van der Waals surface area contributed by atoms with Crippen molar-refractivity contribution in [1.29, 1.82) is 0 Å². The van der Waals surface area contributed by atoms with Crippen LogP contribution in [-0.2, 0) is 17.9 Å². The number of halogens is 2. The Morgan fingerprint density at radius 3 is 2.60 bits per heavy atom. The predicted molar refractivity (Wildman–Crippen MR) is 107 cm³/mol. The van der Waals surface area contributed by atoms with Crippen LogP contribution in [0.25, 0.3) is 0 Å². The molecule has 0 aliphatic carbocycles. The predicted octanol–water partition coefficient (Wildman–Crippen LogP) is 3.13. The lowest BCUT2D eigenvalue weighted by molar-refractivity contribution is -0.122. The van der Waals surface area contributed by atoms with Crippen LogP contribution in [0.5, 0.6) is 0 Å². The highest BCUT2D eigenvalue weighted by Crippen LogP contribution is 2.18. The molecular weight excluding hydrogens is 357 g/mol. The second kappa shape index (κ2) is 11.0. The van der Waals surface area contributed by atoms with E-state index < -0.39 is 0 Å². The quantitative estimate of drug-likeness (QED) is 0.815. The molecule has 142 valence electrons. The number of rotatable bonds is 5. The number of likely N-dealkylation sites (tertiary alicyclic amines) is 1. The molecule has 1 unspecified atom stereocenters. The topological polar surface area (TPSA) is 44.4 Å². The second-order valence-corrected chi connectivity index (χ2v) is 7.15. The summed E-state index contributed by atoms with van der Waals surface area (Å²) in [6, 6.07) is 8.65. The molecular formula is C19H31Cl2N3O. The summed E-state index contributed by atoms with van der Waals surface area (Å²) in [7, 11) is 0. The zero-order valence-electron chi connectivity index (χ0n) is 15.0. The van der Waals surface area contributed by atoms with Crippen LogP contribution in [0.2, 0.25) is 0 Å². The molecule has 2 saturated heterocycles. The van der Waals surface area contributed by atoms with E-state index in [2.05, 4.69) is 46.7 Å². The van der Waals surface area contributed by atoms with Gasteiger partial charge >= 0.3 is 0 Å². The maximum Gasteiger partial charge on any atom is 0.237 e. The third kappa shape index (κ3) is 6.78. The molecule has 4 nitrogen and oxygen atoms in total. The van der Waals surface area contributed by atoms with E-state index in [4.69, 9.17) is 0 Å². The molecule has 0 radical (unpaired) electrons. The minimum Gasteiger partial charge on any atom is -0.351 e. The maximum absolute atomic E-state index is 12.1. The van der Waals surface area contributed by atoms with Gasteiger partial charge in [0.05, 0.1) is 6.04 Å². The molecule has 25 heavy (non-hydrogen) atoms. The van der Waals surface area contributed by atoms with Gasteiger partial charge in [-0.2, -0.15) is 0 Å². The molecule has 1 aromatic rings. The number of piperidine rings is 1. The molecule has 0 aromatic heterocycles. The summed E-state index contributed by atoms with van der Waals surface area (Å²) < 4.78 is 0. The van der Waals surface area contributed by atoms with Crippen molar-refractivity contribution in [1.82, 2.24) is 15.5 Å². The molecule has 0 bridgehead atoms. The minimum absolute atomic E-state index is 0. The van der Waals surface area contributed by atoms with Crippen LogP contribution in [-0.4, -0.2) is 36.5 Å². The van der Waals surface area contributed by atoms with Gasteiger partial charge in [-0.05, 0) is 62.4 Å². The Labute approximate surface area is 163 Å². The SMILES string of the molecule is CC1CCN(Cc2cccc(CNC(=O)C3CCCN3)c2)CC1.Cl.Cl. The molecule has 2 N–H and O–H groups in total. The number of benzene rings is 1. The highest BCUT2D eigenvalue weighted by atomic mass is 35.5. The molecule has 2 aliphatic heterocycles. The van der Waals surface area contributed by atoms with Crippen molar-refractivity contribution in [3.05, 3.63) is 35.4 Å². The third-order valence-electron chi connectivity index (χ3n) is 5.12. The summed E-state index contributed by atoms with van der Waals surface area (Å²) in [5.74, 6) is 1.01. The van der Waals surface area contributed by atoms with Crippen molar-refractivity contribution in [2.24, 2.45) is 5.92 Å². The van der Waals surface area contributed by atoms with Gasteiger partial charge < -0.3 is 10.6 Å². The van der Waals surface area contributed by atoms with Crippen LogP contribution >= 0.6 is 24.8 Å². The molecule has 2 aliphatic rings. The first-order chi connectivity index (χ1) is 11.2. The fourth-order valence-electron chi connectivity index (χ4n) is 3.54. The first kappa shape index (κ1) is 22.2. The molecule has 0 spiro atoms. The highest BCUT2D eigenvalue weighted by Gasteiger charge is 2.21. The van der Waals surface area contributed by atoms with E-state index in [-0.39, 0.29) is 36.8 Å². The molecule has 3 rings (SSSR count). The van der Waals surface area contributed by atoms with E-state index in [1.165, 1.54) is 37.1 Å². The molecule has 1 aromatic carbocycles. The number of hydrogen-bond donors (Lipinski definition) is 2. The minimum atomic E-state index is 0.